The molecule has 0 unspecified atom stereocenters. The van der Waals surface area contributed by atoms with Crippen molar-refractivity contribution in [3.63, 3.8) is 0 Å². The first-order valence-electron chi connectivity index (χ1n) is 4.81. The number of phenols is 1. The first-order chi connectivity index (χ1) is 7.33. The Balaban J connectivity index is 0.000000963. The molecular formula is C13H10ClNO. The SMILES string of the molecule is Cl.Oc1ccc2cc3ccccc3nc2c1. The minimum absolute atomic E-state index is 0. The molecule has 1 aromatic heterocycles. The molecule has 3 rings (SSSR count). The molecule has 80 valence electrons. The van der Waals surface area contributed by atoms with E-state index in [-0.39, 0.29) is 18.2 Å². The summed E-state index contributed by atoms with van der Waals surface area (Å²) in [7, 11) is 0. The van der Waals surface area contributed by atoms with Crippen LogP contribution in [0.1, 0.15) is 0 Å². The molecule has 0 aliphatic carbocycles. The summed E-state index contributed by atoms with van der Waals surface area (Å²) >= 11 is 0. The molecule has 0 aliphatic heterocycles. The van der Waals surface area contributed by atoms with Crippen LogP contribution < -0.4 is 0 Å². The number of hydrogen-bond donors (Lipinski definition) is 1. The van der Waals surface area contributed by atoms with Crippen molar-refractivity contribution in [2.45, 2.75) is 0 Å². The van der Waals surface area contributed by atoms with E-state index in [4.69, 9.17) is 0 Å². The van der Waals surface area contributed by atoms with Gasteiger partial charge < -0.3 is 5.11 Å². The Morgan fingerprint density at radius 3 is 2.44 bits per heavy atom. The summed E-state index contributed by atoms with van der Waals surface area (Å²) in [6, 6.07) is 15.3. The summed E-state index contributed by atoms with van der Waals surface area (Å²) in [6.45, 7) is 0. The number of phenolic OH excluding ortho intramolecular Hbond substituents is 1. The zero-order chi connectivity index (χ0) is 10.3. The van der Waals surface area contributed by atoms with Crippen molar-refractivity contribution in [1.29, 1.82) is 0 Å². The summed E-state index contributed by atoms with van der Waals surface area (Å²) < 4.78 is 0. The molecule has 0 fully saturated rings. The topological polar surface area (TPSA) is 33.1 Å². The molecule has 3 heteroatoms. The van der Waals surface area contributed by atoms with Crippen LogP contribution in [0.2, 0.25) is 0 Å². The number of nitrogens with zero attached hydrogens (tertiary/aromatic N) is 1. The molecule has 0 bridgehead atoms. The van der Waals surface area contributed by atoms with Gasteiger partial charge in [-0.2, -0.15) is 0 Å². The van der Waals surface area contributed by atoms with Gasteiger partial charge in [0.15, 0.2) is 0 Å². The molecule has 0 saturated carbocycles. The summed E-state index contributed by atoms with van der Waals surface area (Å²) in [5.41, 5.74) is 1.78. The lowest BCUT2D eigenvalue weighted by atomic mass is 10.1. The van der Waals surface area contributed by atoms with Gasteiger partial charge in [-0.3, -0.25) is 0 Å². The van der Waals surface area contributed by atoms with E-state index in [1.807, 2.05) is 30.3 Å². The number of fused-ring (bicyclic) bond motifs is 2. The minimum atomic E-state index is 0. The molecule has 1 heterocycles. The molecule has 0 radical (unpaired) electrons. The molecule has 0 amide bonds. The second kappa shape index (κ2) is 3.99. The third kappa shape index (κ3) is 1.68. The maximum atomic E-state index is 9.36. The van der Waals surface area contributed by atoms with Gasteiger partial charge in [0.25, 0.3) is 0 Å². The van der Waals surface area contributed by atoms with Crippen molar-refractivity contribution in [3.8, 4) is 5.75 Å². The van der Waals surface area contributed by atoms with E-state index in [1.54, 1.807) is 12.1 Å². The fraction of sp³-hybridized carbons (Fsp3) is 0. The van der Waals surface area contributed by atoms with Crippen LogP contribution in [0.5, 0.6) is 5.75 Å². The predicted octanol–water partition coefficient (Wildman–Crippen LogP) is 3.52. The standard InChI is InChI=1S/C13H9NO.ClH/c15-11-6-5-10-7-9-3-1-2-4-12(9)14-13(10)8-11;/h1-8,15H;1H. The monoisotopic (exact) mass is 231 g/mol. The molecule has 0 aliphatic rings. The second-order valence-electron chi connectivity index (χ2n) is 3.56. The van der Waals surface area contributed by atoms with Gasteiger partial charge in [-0.1, -0.05) is 18.2 Å². The van der Waals surface area contributed by atoms with Gasteiger partial charge in [-0.05, 0) is 24.3 Å². The van der Waals surface area contributed by atoms with Crippen molar-refractivity contribution in [2.75, 3.05) is 0 Å². The highest BCUT2D eigenvalue weighted by Crippen LogP contribution is 2.22. The van der Waals surface area contributed by atoms with Crippen molar-refractivity contribution in [1.82, 2.24) is 4.98 Å². The number of halogens is 1. The Bertz CT molecular complexity index is 652. The fourth-order valence-corrected chi connectivity index (χ4v) is 1.76. The van der Waals surface area contributed by atoms with Crippen molar-refractivity contribution in [3.05, 3.63) is 48.5 Å². The number of pyridine rings is 1. The van der Waals surface area contributed by atoms with Gasteiger partial charge >= 0.3 is 0 Å². The summed E-state index contributed by atoms with van der Waals surface area (Å²) in [6.07, 6.45) is 0. The molecule has 0 spiro atoms. The van der Waals surface area contributed by atoms with E-state index >= 15 is 0 Å². The zero-order valence-corrected chi connectivity index (χ0v) is 9.24. The zero-order valence-electron chi connectivity index (χ0n) is 8.42. The number of aromatic nitrogens is 1. The Morgan fingerprint density at radius 2 is 1.56 bits per heavy atom. The van der Waals surface area contributed by atoms with Gasteiger partial charge in [0.2, 0.25) is 0 Å². The van der Waals surface area contributed by atoms with Crippen molar-refractivity contribution in [2.24, 2.45) is 0 Å². The average molecular weight is 232 g/mol. The normalized spacial score (nSPS) is 10.2. The predicted molar refractivity (Wildman–Crippen MR) is 68.2 cm³/mol. The lowest BCUT2D eigenvalue weighted by Crippen LogP contribution is -1.81. The van der Waals surface area contributed by atoms with E-state index in [9.17, 15) is 5.11 Å². The van der Waals surface area contributed by atoms with Crippen molar-refractivity contribution >= 4 is 34.2 Å². The molecule has 2 aromatic carbocycles. The highest BCUT2D eigenvalue weighted by atomic mass is 35.5. The Kier molecular flexibility index (Phi) is 2.67. The second-order valence-corrected chi connectivity index (χ2v) is 3.56. The summed E-state index contributed by atoms with van der Waals surface area (Å²) in [5.74, 6) is 0.255. The molecule has 2 nitrogen and oxygen atoms in total. The summed E-state index contributed by atoms with van der Waals surface area (Å²) in [4.78, 5) is 4.48. The van der Waals surface area contributed by atoms with Gasteiger partial charge in [0.05, 0.1) is 11.0 Å². The van der Waals surface area contributed by atoms with Crippen LogP contribution >= 0.6 is 12.4 Å². The quantitative estimate of drug-likeness (QED) is 0.601. The van der Waals surface area contributed by atoms with Gasteiger partial charge in [-0.15, -0.1) is 12.4 Å². The molecule has 1 N–H and O–H groups in total. The molecular weight excluding hydrogens is 222 g/mol. The Labute approximate surface area is 99.0 Å². The highest BCUT2D eigenvalue weighted by Gasteiger charge is 1.99. The molecule has 16 heavy (non-hydrogen) atoms. The third-order valence-electron chi connectivity index (χ3n) is 2.50. The van der Waals surface area contributed by atoms with Crippen LogP contribution in [0.4, 0.5) is 0 Å². The molecule has 0 saturated heterocycles. The van der Waals surface area contributed by atoms with E-state index < -0.39 is 0 Å². The number of benzene rings is 2. The smallest absolute Gasteiger partial charge is 0.117 e. The number of aromatic hydroxyl groups is 1. The van der Waals surface area contributed by atoms with Crippen LogP contribution in [-0.4, -0.2) is 10.1 Å². The molecule has 0 atom stereocenters. The Morgan fingerprint density at radius 1 is 0.812 bits per heavy atom. The number of rotatable bonds is 0. The van der Waals surface area contributed by atoms with E-state index in [0.717, 1.165) is 21.8 Å². The first kappa shape index (κ1) is 10.7. The third-order valence-corrected chi connectivity index (χ3v) is 2.50. The first-order valence-corrected chi connectivity index (χ1v) is 4.81. The van der Waals surface area contributed by atoms with Crippen LogP contribution in [0, 0.1) is 0 Å². The summed E-state index contributed by atoms with van der Waals surface area (Å²) in [5, 5.41) is 11.5. The lowest BCUT2D eigenvalue weighted by molar-refractivity contribution is 0.476. The van der Waals surface area contributed by atoms with E-state index in [1.165, 1.54) is 0 Å². The van der Waals surface area contributed by atoms with E-state index in [0.29, 0.717) is 0 Å². The number of hydrogen-bond acceptors (Lipinski definition) is 2. The minimum Gasteiger partial charge on any atom is -0.508 e. The van der Waals surface area contributed by atoms with Crippen LogP contribution in [0.3, 0.4) is 0 Å². The fourth-order valence-electron chi connectivity index (χ4n) is 1.76. The Hall–Kier alpha value is -1.80. The number of para-hydroxylation sites is 1. The largest absolute Gasteiger partial charge is 0.508 e. The van der Waals surface area contributed by atoms with Gasteiger partial charge in [0.1, 0.15) is 5.75 Å². The van der Waals surface area contributed by atoms with Crippen LogP contribution in [-0.2, 0) is 0 Å². The van der Waals surface area contributed by atoms with Crippen LogP contribution in [0.15, 0.2) is 48.5 Å². The highest BCUT2D eigenvalue weighted by molar-refractivity contribution is 5.93. The maximum Gasteiger partial charge on any atom is 0.117 e. The molecule has 3 aromatic rings. The van der Waals surface area contributed by atoms with Crippen LogP contribution in [0.25, 0.3) is 21.8 Å². The van der Waals surface area contributed by atoms with E-state index in [2.05, 4.69) is 11.1 Å². The van der Waals surface area contributed by atoms with Gasteiger partial charge in [0, 0.05) is 16.8 Å². The lowest BCUT2D eigenvalue weighted by Gasteiger charge is -2.01. The van der Waals surface area contributed by atoms with Crippen molar-refractivity contribution < 1.29 is 5.11 Å². The van der Waals surface area contributed by atoms with Gasteiger partial charge in [-0.25, -0.2) is 4.98 Å². The maximum absolute atomic E-state index is 9.36. The average Bonchev–Trinajstić information content (AvgIpc) is 2.26.